The number of carbonyl (C=O) groups is 1. The third-order valence-corrected chi connectivity index (χ3v) is 6.41. The van der Waals surface area contributed by atoms with Gasteiger partial charge in [0, 0.05) is 10.4 Å². The van der Waals surface area contributed by atoms with Crippen LogP contribution < -0.4 is 10.5 Å². The van der Waals surface area contributed by atoms with Crippen LogP contribution in [0.15, 0.2) is 18.2 Å². The molecule has 3 aromatic rings. The zero-order chi connectivity index (χ0) is 20.9. The Balaban J connectivity index is 1.96. The number of fused-ring (bicyclic) bond motifs is 3. The second-order valence-electron chi connectivity index (χ2n) is 6.82. The van der Waals surface area contributed by atoms with E-state index >= 15 is 0 Å². The summed E-state index contributed by atoms with van der Waals surface area (Å²) < 4.78 is 46.0. The van der Waals surface area contributed by atoms with Crippen LogP contribution in [-0.2, 0) is 19.0 Å². The second kappa shape index (κ2) is 7.18. The summed E-state index contributed by atoms with van der Waals surface area (Å²) in [5, 5.41) is 0.797. The van der Waals surface area contributed by atoms with Crippen molar-refractivity contribution in [1.82, 2.24) is 4.98 Å². The van der Waals surface area contributed by atoms with Crippen LogP contribution >= 0.6 is 22.9 Å². The highest BCUT2D eigenvalue weighted by molar-refractivity contribution is 7.21. The van der Waals surface area contributed by atoms with E-state index in [-0.39, 0.29) is 26.5 Å². The van der Waals surface area contributed by atoms with Crippen molar-refractivity contribution in [1.29, 1.82) is 0 Å². The number of hydrogen-bond donors (Lipinski definition) is 1. The van der Waals surface area contributed by atoms with Crippen LogP contribution in [0.3, 0.4) is 0 Å². The fourth-order valence-electron chi connectivity index (χ4n) is 3.80. The first-order valence-electron chi connectivity index (χ1n) is 8.91. The van der Waals surface area contributed by atoms with Gasteiger partial charge >= 0.3 is 6.18 Å². The summed E-state index contributed by atoms with van der Waals surface area (Å²) in [5.74, 6) is -0.148. The van der Waals surface area contributed by atoms with Crippen molar-refractivity contribution < 1.29 is 22.7 Å². The van der Waals surface area contributed by atoms with Gasteiger partial charge in [0.25, 0.3) is 0 Å². The average molecular weight is 441 g/mol. The number of aryl methyl sites for hydroxylation is 1. The molecular formula is C20H16ClF3N2O2S. The summed E-state index contributed by atoms with van der Waals surface area (Å²) >= 11 is 6.89. The minimum Gasteiger partial charge on any atom is -0.496 e. The number of nitrogens with two attached hydrogens (primary N) is 1. The molecule has 0 amide bonds. The molecule has 0 unspecified atom stereocenters. The molecule has 0 bridgehead atoms. The lowest BCUT2D eigenvalue weighted by molar-refractivity contribution is -0.141. The Morgan fingerprint density at radius 1 is 1.24 bits per heavy atom. The van der Waals surface area contributed by atoms with Crippen LogP contribution in [0, 0.1) is 0 Å². The van der Waals surface area contributed by atoms with Crippen LogP contribution in [0.5, 0.6) is 5.75 Å². The van der Waals surface area contributed by atoms with Crippen molar-refractivity contribution in [2.45, 2.75) is 31.9 Å². The maximum Gasteiger partial charge on any atom is 0.433 e. The molecular weight excluding hydrogens is 425 g/mol. The van der Waals surface area contributed by atoms with E-state index in [0.29, 0.717) is 41.0 Å². The van der Waals surface area contributed by atoms with Gasteiger partial charge in [-0.2, -0.15) is 13.2 Å². The van der Waals surface area contributed by atoms with Gasteiger partial charge in [-0.05, 0) is 55.0 Å². The molecule has 4 nitrogen and oxygen atoms in total. The van der Waals surface area contributed by atoms with Crippen molar-refractivity contribution in [3.63, 3.8) is 0 Å². The van der Waals surface area contributed by atoms with Gasteiger partial charge in [0.15, 0.2) is 0 Å². The Morgan fingerprint density at radius 2 is 1.93 bits per heavy atom. The largest absolute Gasteiger partial charge is 0.496 e. The molecule has 2 heterocycles. The number of thiophene rings is 1. The average Bonchev–Trinajstić information content (AvgIpc) is 3.03. The molecule has 0 saturated carbocycles. The number of nitrogen functional groups attached to an aromatic ring is 1. The topological polar surface area (TPSA) is 65.2 Å². The van der Waals surface area contributed by atoms with Crippen molar-refractivity contribution in [2.24, 2.45) is 0 Å². The molecule has 0 aliphatic heterocycles. The van der Waals surface area contributed by atoms with Crippen molar-refractivity contribution in [3.05, 3.63) is 50.5 Å². The predicted octanol–water partition coefficient (Wildman–Crippen LogP) is 5.67. The minimum atomic E-state index is -4.56. The van der Waals surface area contributed by atoms with Gasteiger partial charge in [-0.15, -0.1) is 11.3 Å². The third-order valence-electron chi connectivity index (χ3n) is 5.08. The van der Waals surface area contributed by atoms with E-state index in [9.17, 15) is 18.0 Å². The predicted molar refractivity (Wildman–Crippen MR) is 107 cm³/mol. The maximum atomic E-state index is 13.6. The van der Waals surface area contributed by atoms with E-state index in [1.165, 1.54) is 13.2 Å². The molecule has 1 aliphatic rings. The lowest BCUT2D eigenvalue weighted by Crippen LogP contribution is -2.17. The van der Waals surface area contributed by atoms with Gasteiger partial charge in [0.2, 0.25) is 5.78 Å². The van der Waals surface area contributed by atoms with Crippen LogP contribution in [0.4, 0.5) is 18.9 Å². The molecule has 29 heavy (non-hydrogen) atoms. The number of ketones is 1. The molecule has 1 aromatic carbocycles. The fraction of sp³-hybridized carbons (Fsp3) is 0.300. The van der Waals surface area contributed by atoms with Gasteiger partial charge in [-0.25, -0.2) is 4.98 Å². The smallest absolute Gasteiger partial charge is 0.433 e. The van der Waals surface area contributed by atoms with Gasteiger partial charge in [0.1, 0.15) is 21.2 Å². The molecule has 0 saturated heterocycles. The second-order valence-corrected chi connectivity index (χ2v) is 8.26. The number of alkyl halides is 3. The van der Waals surface area contributed by atoms with E-state index in [0.717, 1.165) is 17.8 Å². The summed E-state index contributed by atoms with van der Waals surface area (Å²) in [7, 11) is 1.42. The molecule has 0 atom stereocenters. The number of rotatable bonds is 3. The summed E-state index contributed by atoms with van der Waals surface area (Å²) in [6.07, 6.45) is -2.35. The molecule has 0 fully saturated rings. The normalized spacial score (nSPS) is 14.1. The van der Waals surface area contributed by atoms with Crippen LogP contribution in [0.2, 0.25) is 5.02 Å². The summed E-state index contributed by atoms with van der Waals surface area (Å²) in [6.45, 7) is 0. The summed E-state index contributed by atoms with van der Waals surface area (Å²) in [5.41, 5.74) is 6.52. The first-order valence-corrected chi connectivity index (χ1v) is 10.1. The maximum absolute atomic E-state index is 13.6. The van der Waals surface area contributed by atoms with Gasteiger partial charge in [0.05, 0.1) is 18.4 Å². The van der Waals surface area contributed by atoms with Crippen LogP contribution in [0.1, 0.15) is 44.9 Å². The Bertz CT molecular complexity index is 1140. The molecule has 0 radical (unpaired) electrons. The molecule has 1 aliphatic carbocycles. The fourth-order valence-corrected chi connectivity index (χ4v) is 5.05. The highest BCUT2D eigenvalue weighted by Crippen LogP contribution is 2.44. The van der Waals surface area contributed by atoms with Gasteiger partial charge in [-0.1, -0.05) is 11.6 Å². The SMILES string of the molecule is COc1ccc(Cl)cc1C(=O)c1sc2nc(C(F)(F)F)c3c(c2c1N)CCCC3. The minimum absolute atomic E-state index is 0.125. The number of benzene rings is 1. The lowest BCUT2D eigenvalue weighted by atomic mass is 9.88. The summed E-state index contributed by atoms with van der Waals surface area (Å²) in [4.78, 5) is 17.3. The Kier molecular flexibility index (Phi) is 4.94. The first kappa shape index (κ1) is 20.0. The molecule has 0 spiro atoms. The molecule has 9 heteroatoms. The monoisotopic (exact) mass is 440 g/mol. The number of anilines is 1. The standard InChI is InChI=1S/C20H16ClF3N2O2S/c1-28-13-7-6-9(21)8-12(13)16(27)17-15(25)14-10-4-2-3-5-11(10)18(20(22,23)24)26-19(14)29-17/h6-8H,2-5,25H2,1H3. The number of methoxy groups -OCH3 is 1. The number of nitrogens with zero attached hydrogens (tertiary/aromatic N) is 1. The quantitative estimate of drug-likeness (QED) is 0.533. The van der Waals surface area contributed by atoms with Crippen molar-refractivity contribution >= 4 is 44.6 Å². The van der Waals surface area contributed by atoms with Gasteiger partial charge in [-0.3, -0.25) is 4.79 Å². The molecule has 152 valence electrons. The van der Waals surface area contributed by atoms with E-state index in [1.54, 1.807) is 12.1 Å². The molecule has 2 N–H and O–H groups in total. The third kappa shape index (κ3) is 3.34. The lowest BCUT2D eigenvalue weighted by Gasteiger charge is -2.21. The number of aromatic nitrogens is 1. The summed E-state index contributed by atoms with van der Waals surface area (Å²) in [6, 6.07) is 4.59. The van der Waals surface area contributed by atoms with Crippen molar-refractivity contribution in [3.8, 4) is 5.75 Å². The number of carbonyl (C=O) groups excluding carboxylic acids is 1. The Hall–Kier alpha value is -2.32. The van der Waals surface area contributed by atoms with E-state index in [2.05, 4.69) is 4.98 Å². The highest BCUT2D eigenvalue weighted by Gasteiger charge is 2.38. The van der Waals surface area contributed by atoms with Crippen LogP contribution in [-0.4, -0.2) is 17.9 Å². The Morgan fingerprint density at radius 3 is 2.59 bits per heavy atom. The number of pyridine rings is 1. The number of hydrogen-bond acceptors (Lipinski definition) is 5. The zero-order valence-electron chi connectivity index (χ0n) is 15.3. The van der Waals surface area contributed by atoms with Crippen LogP contribution in [0.25, 0.3) is 10.2 Å². The number of halogens is 4. The number of ether oxygens (including phenoxy) is 1. The molecule has 4 rings (SSSR count). The highest BCUT2D eigenvalue weighted by atomic mass is 35.5. The van der Waals surface area contributed by atoms with Gasteiger partial charge < -0.3 is 10.5 Å². The van der Waals surface area contributed by atoms with E-state index < -0.39 is 17.7 Å². The molecule has 2 aromatic heterocycles. The Labute approximate surface area is 173 Å². The van der Waals surface area contributed by atoms with Crippen molar-refractivity contribution in [2.75, 3.05) is 12.8 Å². The van der Waals surface area contributed by atoms with E-state index in [4.69, 9.17) is 22.1 Å². The zero-order valence-corrected chi connectivity index (χ0v) is 16.9. The van der Waals surface area contributed by atoms with E-state index in [1.807, 2.05) is 0 Å². The first-order chi connectivity index (χ1) is 13.7.